The SMILES string of the molecule is Cc1cccc(OCc2nnc(SCN3C(=O)c4ccccc4S3(=O)=O)o2)c1. The molecule has 28 heavy (non-hydrogen) atoms. The number of thioether (sulfide) groups is 1. The first kappa shape index (κ1) is 18.5. The van der Waals surface area contributed by atoms with Crippen LogP contribution in [0.25, 0.3) is 0 Å². The number of hydrogen-bond acceptors (Lipinski definition) is 8. The van der Waals surface area contributed by atoms with Gasteiger partial charge in [-0.05, 0) is 48.5 Å². The van der Waals surface area contributed by atoms with E-state index in [9.17, 15) is 13.2 Å². The van der Waals surface area contributed by atoms with E-state index in [1.165, 1.54) is 12.1 Å². The zero-order valence-corrected chi connectivity index (χ0v) is 16.4. The predicted octanol–water partition coefficient (Wildman–Crippen LogP) is 2.85. The third-order valence-electron chi connectivity index (χ3n) is 4.02. The van der Waals surface area contributed by atoms with Crippen molar-refractivity contribution in [3.05, 3.63) is 65.5 Å². The van der Waals surface area contributed by atoms with Crippen LogP contribution in [0, 0.1) is 6.92 Å². The van der Waals surface area contributed by atoms with Gasteiger partial charge in [0.15, 0.2) is 6.61 Å². The molecular formula is C18H15N3O5S2. The molecule has 2 aromatic carbocycles. The van der Waals surface area contributed by atoms with Gasteiger partial charge >= 0.3 is 0 Å². The number of amides is 1. The zero-order valence-electron chi connectivity index (χ0n) is 14.7. The summed E-state index contributed by atoms with van der Waals surface area (Å²) in [5.41, 5.74) is 1.23. The van der Waals surface area contributed by atoms with Gasteiger partial charge < -0.3 is 9.15 Å². The summed E-state index contributed by atoms with van der Waals surface area (Å²) < 4.78 is 36.9. The van der Waals surface area contributed by atoms with Gasteiger partial charge in [-0.25, -0.2) is 12.7 Å². The maximum atomic E-state index is 12.5. The van der Waals surface area contributed by atoms with Gasteiger partial charge in [-0.3, -0.25) is 4.79 Å². The second kappa shape index (κ2) is 7.28. The van der Waals surface area contributed by atoms with Crippen LogP contribution in [-0.2, 0) is 16.6 Å². The predicted molar refractivity (Wildman–Crippen MR) is 100 cm³/mol. The average Bonchev–Trinajstić information content (AvgIpc) is 3.21. The maximum Gasteiger partial charge on any atom is 0.278 e. The van der Waals surface area contributed by atoms with E-state index in [1.807, 2.05) is 31.2 Å². The minimum atomic E-state index is -3.86. The van der Waals surface area contributed by atoms with Crippen LogP contribution in [0.15, 0.2) is 63.1 Å². The van der Waals surface area contributed by atoms with Crippen molar-refractivity contribution in [2.45, 2.75) is 23.6 Å². The molecule has 0 bridgehead atoms. The summed E-state index contributed by atoms with van der Waals surface area (Å²) in [6.07, 6.45) is 0. The summed E-state index contributed by atoms with van der Waals surface area (Å²) in [6, 6.07) is 13.7. The lowest BCUT2D eigenvalue weighted by atomic mass is 10.2. The molecule has 10 heteroatoms. The van der Waals surface area contributed by atoms with Crippen LogP contribution in [-0.4, -0.2) is 34.7 Å². The number of carbonyl (C=O) groups is 1. The summed E-state index contributed by atoms with van der Waals surface area (Å²) in [5, 5.41) is 7.90. The maximum absolute atomic E-state index is 12.5. The van der Waals surface area contributed by atoms with Crippen molar-refractivity contribution in [3.63, 3.8) is 0 Å². The van der Waals surface area contributed by atoms with Crippen molar-refractivity contribution in [1.29, 1.82) is 0 Å². The molecule has 8 nitrogen and oxygen atoms in total. The molecule has 1 amide bonds. The number of aryl methyl sites for hydroxylation is 1. The Labute approximate surface area is 165 Å². The summed E-state index contributed by atoms with van der Waals surface area (Å²) in [5.74, 6) is 0.211. The van der Waals surface area contributed by atoms with Crippen LogP contribution in [0.3, 0.4) is 0 Å². The minimum Gasteiger partial charge on any atom is -0.484 e. The Morgan fingerprint density at radius 2 is 1.96 bits per heavy atom. The van der Waals surface area contributed by atoms with Crippen LogP contribution in [0.2, 0.25) is 0 Å². The number of sulfonamides is 1. The Morgan fingerprint density at radius 1 is 1.14 bits per heavy atom. The fourth-order valence-corrected chi connectivity index (χ4v) is 5.23. The number of nitrogens with zero attached hydrogens (tertiary/aromatic N) is 3. The van der Waals surface area contributed by atoms with Gasteiger partial charge in [-0.15, -0.1) is 10.2 Å². The number of benzene rings is 2. The largest absolute Gasteiger partial charge is 0.484 e. The summed E-state index contributed by atoms with van der Waals surface area (Å²) >= 11 is 0.969. The minimum absolute atomic E-state index is 0.0124. The fraction of sp³-hybridized carbons (Fsp3) is 0.167. The first-order valence-electron chi connectivity index (χ1n) is 8.26. The normalized spacial score (nSPS) is 14.9. The summed E-state index contributed by atoms with van der Waals surface area (Å²) in [7, 11) is -3.86. The highest BCUT2D eigenvalue weighted by atomic mass is 32.2. The van der Waals surface area contributed by atoms with E-state index >= 15 is 0 Å². The first-order valence-corrected chi connectivity index (χ1v) is 10.7. The van der Waals surface area contributed by atoms with Gasteiger partial charge in [0.1, 0.15) is 10.6 Å². The van der Waals surface area contributed by atoms with Crippen LogP contribution < -0.4 is 4.74 Å². The molecule has 0 atom stereocenters. The summed E-state index contributed by atoms with van der Waals surface area (Å²) in [6.45, 7) is 2.05. The molecule has 3 aromatic rings. The van der Waals surface area contributed by atoms with E-state index in [0.29, 0.717) is 5.75 Å². The molecule has 0 radical (unpaired) electrons. The van der Waals surface area contributed by atoms with Crippen LogP contribution in [0.4, 0.5) is 0 Å². The van der Waals surface area contributed by atoms with Crippen molar-refractivity contribution < 1.29 is 22.4 Å². The highest BCUT2D eigenvalue weighted by Gasteiger charge is 2.40. The lowest BCUT2D eigenvalue weighted by Gasteiger charge is -2.12. The van der Waals surface area contributed by atoms with E-state index in [1.54, 1.807) is 12.1 Å². The van der Waals surface area contributed by atoms with Crippen molar-refractivity contribution in [3.8, 4) is 5.75 Å². The molecule has 0 fully saturated rings. The standard InChI is InChI=1S/C18H15N3O5S2/c1-12-5-4-6-13(9-12)25-10-16-19-20-18(26-16)27-11-21-17(22)14-7-2-3-8-15(14)28(21,23)24/h2-9H,10-11H2,1H3. The quantitative estimate of drug-likeness (QED) is 0.564. The molecule has 0 aliphatic carbocycles. The van der Waals surface area contributed by atoms with Gasteiger partial charge in [0, 0.05) is 0 Å². The van der Waals surface area contributed by atoms with Crippen molar-refractivity contribution >= 4 is 27.7 Å². The van der Waals surface area contributed by atoms with E-state index < -0.39 is 15.9 Å². The molecular weight excluding hydrogens is 402 g/mol. The van der Waals surface area contributed by atoms with Crippen LogP contribution in [0.1, 0.15) is 21.8 Å². The molecule has 0 unspecified atom stereocenters. The van der Waals surface area contributed by atoms with Gasteiger partial charge in [0.05, 0.1) is 11.4 Å². The number of ether oxygens (including phenoxy) is 1. The Morgan fingerprint density at radius 3 is 2.75 bits per heavy atom. The van der Waals surface area contributed by atoms with Gasteiger partial charge in [-0.2, -0.15) is 0 Å². The number of hydrogen-bond donors (Lipinski definition) is 0. The molecule has 1 aromatic heterocycles. The molecule has 0 saturated carbocycles. The number of carbonyl (C=O) groups excluding carboxylic acids is 1. The van der Waals surface area contributed by atoms with Gasteiger partial charge in [0.2, 0.25) is 0 Å². The topological polar surface area (TPSA) is 103 Å². The number of aromatic nitrogens is 2. The Hall–Kier alpha value is -2.85. The smallest absolute Gasteiger partial charge is 0.278 e. The third-order valence-corrected chi connectivity index (χ3v) is 6.77. The Balaban J connectivity index is 1.39. The van der Waals surface area contributed by atoms with E-state index in [-0.39, 0.29) is 34.1 Å². The van der Waals surface area contributed by atoms with Crippen molar-refractivity contribution in [2.24, 2.45) is 0 Å². The molecule has 1 aliphatic rings. The molecule has 2 heterocycles. The van der Waals surface area contributed by atoms with Gasteiger partial charge in [0.25, 0.3) is 27.0 Å². The van der Waals surface area contributed by atoms with Crippen molar-refractivity contribution in [2.75, 3.05) is 5.88 Å². The van der Waals surface area contributed by atoms with Crippen molar-refractivity contribution in [1.82, 2.24) is 14.5 Å². The Kier molecular flexibility index (Phi) is 4.82. The lowest BCUT2D eigenvalue weighted by Crippen LogP contribution is -2.29. The second-order valence-corrected chi connectivity index (χ2v) is 8.72. The van der Waals surface area contributed by atoms with Crippen LogP contribution >= 0.6 is 11.8 Å². The molecule has 4 rings (SSSR count). The van der Waals surface area contributed by atoms with Gasteiger partial charge in [-0.1, -0.05) is 24.3 Å². The highest BCUT2D eigenvalue weighted by Crippen LogP contribution is 2.32. The van der Waals surface area contributed by atoms with E-state index in [0.717, 1.165) is 21.6 Å². The Bertz CT molecular complexity index is 1140. The first-order chi connectivity index (χ1) is 13.4. The lowest BCUT2D eigenvalue weighted by molar-refractivity contribution is 0.0887. The third kappa shape index (κ3) is 3.48. The van der Waals surface area contributed by atoms with Crippen LogP contribution in [0.5, 0.6) is 5.75 Å². The van der Waals surface area contributed by atoms with E-state index in [2.05, 4.69) is 10.2 Å². The molecule has 0 saturated heterocycles. The monoisotopic (exact) mass is 417 g/mol. The van der Waals surface area contributed by atoms with E-state index in [4.69, 9.17) is 9.15 Å². The highest BCUT2D eigenvalue weighted by molar-refractivity contribution is 8.00. The second-order valence-electron chi connectivity index (χ2n) is 6.00. The zero-order chi connectivity index (χ0) is 19.7. The molecule has 1 aliphatic heterocycles. The molecule has 144 valence electrons. The fourth-order valence-electron chi connectivity index (χ4n) is 2.68. The molecule has 0 spiro atoms. The number of fused-ring (bicyclic) bond motifs is 1. The summed E-state index contributed by atoms with van der Waals surface area (Å²) in [4.78, 5) is 12.4. The number of rotatable bonds is 6. The molecule has 0 N–H and O–H groups in total. The average molecular weight is 417 g/mol.